The van der Waals surface area contributed by atoms with Crippen molar-refractivity contribution in [2.75, 3.05) is 45.8 Å². The Hall–Kier alpha value is -4.76. The molecule has 1 amide bonds. The highest BCUT2D eigenvalue weighted by Gasteiger charge is 2.68. The van der Waals surface area contributed by atoms with Crippen molar-refractivity contribution in [1.82, 2.24) is 18.5 Å². The van der Waals surface area contributed by atoms with Crippen molar-refractivity contribution < 1.29 is 41.2 Å². The zero-order valence-electron chi connectivity index (χ0n) is 37.2. The lowest BCUT2D eigenvalue weighted by atomic mass is 9.79. The molecule has 0 spiro atoms. The van der Waals surface area contributed by atoms with Crippen molar-refractivity contribution in [3.05, 3.63) is 118 Å². The zero-order chi connectivity index (χ0) is 45.7. The number of anilines is 1. The summed E-state index contributed by atoms with van der Waals surface area (Å²) in [6.07, 6.45) is -1.26. The van der Waals surface area contributed by atoms with E-state index in [-0.39, 0.29) is 50.6 Å². The highest BCUT2D eigenvalue weighted by atomic mass is 32.2. The summed E-state index contributed by atoms with van der Waals surface area (Å²) < 4.78 is 73.8. The number of nitrogens with one attached hydrogen (secondary N) is 1. The molecule has 2 aliphatic heterocycles. The van der Waals surface area contributed by atoms with Crippen molar-refractivity contribution in [2.45, 2.75) is 95.8 Å². The Balaban J connectivity index is 1.61. The highest BCUT2D eigenvalue weighted by molar-refractivity contribution is 7.89. The van der Waals surface area contributed by atoms with Gasteiger partial charge in [0, 0.05) is 43.9 Å². The van der Waals surface area contributed by atoms with Crippen LogP contribution in [0.15, 0.2) is 89.9 Å². The van der Waals surface area contributed by atoms with Crippen LogP contribution in [0.5, 0.6) is 11.5 Å². The number of nitrogens with zero attached hydrogens (tertiary/aromatic N) is 5. The Kier molecular flexibility index (Phi) is 15.1. The van der Waals surface area contributed by atoms with Gasteiger partial charge < -0.3 is 33.3 Å². The van der Waals surface area contributed by atoms with Gasteiger partial charge in [0.2, 0.25) is 15.9 Å². The van der Waals surface area contributed by atoms with Gasteiger partial charge in [0.15, 0.2) is 11.5 Å². The first-order valence-electron chi connectivity index (χ1n) is 20.8. The number of nitriles is 1. The third kappa shape index (κ3) is 9.55. The van der Waals surface area contributed by atoms with Crippen molar-refractivity contribution in [1.29, 1.82) is 5.26 Å². The van der Waals surface area contributed by atoms with Gasteiger partial charge in [0.25, 0.3) is 8.53 Å². The number of rotatable bonds is 19. The summed E-state index contributed by atoms with van der Waals surface area (Å²) >= 11 is 0. The average molecular weight is 905 g/mol. The third-order valence-electron chi connectivity index (χ3n) is 11.2. The summed E-state index contributed by atoms with van der Waals surface area (Å²) in [5.41, 5.74) is -1.18. The number of aryl methyl sites for hydroxylation is 1. The molecule has 0 radical (unpaired) electrons. The van der Waals surface area contributed by atoms with E-state index in [1.54, 1.807) is 28.1 Å². The van der Waals surface area contributed by atoms with Crippen LogP contribution >= 0.6 is 8.53 Å². The fourth-order valence-electron chi connectivity index (χ4n) is 8.38. The summed E-state index contributed by atoms with van der Waals surface area (Å²) in [5, 5.41) is 10.6. The lowest BCUT2D eigenvalue weighted by Crippen LogP contribution is -2.64. The molecule has 5 atom stereocenters. The predicted molar refractivity (Wildman–Crippen MR) is 239 cm³/mol. The smallest absolute Gasteiger partial charge is 0.351 e. The SMILES string of the molecule is CCN1C[C@]2(COC(c3ccccc3)(c3ccc(OC)cc3)c3ccc(OC)cc3)O[C@@H](n3cc(C)c(NC(C)=O)nc3=O)[C@@H]([C@@H]2OP(OCCC#N)N(C(C)C)C(C)C)S1(=O)=O. The molecular formula is C45H57N6O10PS. The van der Waals surface area contributed by atoms with Crippen LogP contribution in [0.4, 0.5) is 5.82 Å². The van der Waals surface area contributed by atoms with Crippen molar-refractivity contribution in [2.24, 2.45) is 0 Å². The Bertz CT molecular complexity index is 2360. The maximum absolute atomic E-state index is 15.0. The number of benzene rings is 3. The molecule has 16 nitrogen and oxygen atoms in total. The molecule has 338 valence electrons. The van der Waals surface area contributed by atoms with E-state index in [1.165, 1.54) is 17.4 Å². The Labute approximate surface area is 371 Å². The average Bonchev–Trinajstić information content (AvgIpc) is 3.52. The van der Waals surface area contributed by atoms with Gasteiger partial charge in [0.1, 0.15) is 34.6 Å². The number of sulfonamides is 1. The molecule has 1 unspecified atom stereocenters. The van der Waals surface area contributed by atoms with Crippen LogP contribution in [-0.2, 0) is 38.9 Å². The second-order valence-corrected chi connectivity index (χ2v) is 19.5. The zero-order valence-corrected chi connectivity index (χ0v) is 38.9. The normalized spacial score (nSPS) is 21.3. The molecule has 3 aromatic carbocycles. The van der Waals surface area contributed by atoms with Crippen LogP contribution in [0.3, 0.4) is 0 Å². The first-order chi connectivity index (χ1) is 30.1. The summed E-state index contributed by atoms with van der Waals surface area (Å²) in [4.78, 5) is 30.2. The lowest BCUT2D eigenvalue weighted by Gasteiger charge is -2.47. The number of likely N-dealkylation sites (N-methyl/N-ethyl adjacent to an activating group) is 1. The predicted octanol–water partition coefficient (Wildman–Crippen LogP) is 6.50. The molecule has 2 bridgehead atoms. The van der Waals surface area contributed by atoms with Gasteiger partial charge in [-0.3, -0.25) is 9.36 Å². The van der Waals surface area contributed by atoms with Crippen LogP contribution in [-0.4, -0.2) is 102 Å². The number of fused-ring (bicyclic) bond motifs is 2. The van der Waals surface area contributed by atoms with E-state index in [2.05, 4.69) is 16.4 Å². The summed E-state index contributed by atoms with van der Waals surface area (Å²) in [7, 11) is -3.18. The molecule has 63 heavy (non-hydrogen) atoms. The fraction of sp³-hybridized carbons (Fsp3) is 0.467. The number of carbonyl (C=O) groups is 1. The molecule has 6 rings (SSSR count). The van der Waals surface area contributed by atoms with E-state index in [1.807, 2.05) is 111 Å². The minimum absolute atomic E-state index is 0.0242. The molecular weight excluding hydrogens is 848 g/mol. The maximum atomic E-state index is 15.0. The van der Waals surface area contributed by atoms with E-state index in [9.17, 15) is 14.9 Å². The second kappa shape index (κ2) is 20.0. The van der Waals surface area contributed by atoms with Gasteiger partial charge >= 0.3 is 5.69 Å². The quantitative estimate of drug-likeness (QED) is 0.0612. The monoisotopic (exact) mass is 904 g/mol. The molecule has 2 aliphatic rings. The minimum atomic E-state index is -4.30. The fourth-order valence-corrected chi connectivity index (χ4v) is 12.5. The first-order valence-corrected chi connectivity index (χ1v) is 23.5. The largest absolute Gasteiger partial charge is 0.497 e. The number of hydrogen-bond acceptors (Lipinski definition) is 13. The maximum Gasteiger partial charge on any atom is 0.351 e. The van der Waals surface area contributed by atoms with Crippen LogP contribution in [0.2, 0.25) is 0 Å². The Morgan fingerprint density at radius 2 is 1.57 bits per heavy atom. The second-order valence-electron chi connectivity index (χ2n) is 16.0. The van der Waals surface area contributed by atoms with Crippen molar-refractivity contribution >= 4 is 30.3 Å². The summed E-state index contributed by atoms with van der Waals surface area (Å²) in [6, 6.07) is 26.6. The van der Waals surface area contributed by atoms with E-state index in [0.717, 1.165) is 21.3 Å². The third-order valence-corrected chi connectivity index (χ3v) is 15.6. The number of methoxy groups -OCH3 is 2. The van der Waals surface area contributed by atoms with E-state index in [0.29, 0.717) is 17.1 Å². The highest BCUT2D eigenvalue weighted by Crippen LogP contribution is 2.56. The van der Waals surface area contributed by atoms with Gasteiger partial charge in [-0.15, -0.1) is 0 Å². The first kappa shape index (κ1) is 47.7. The van der Waals surface area contributed by atoms with E-state index >= 15 is 8.42 Å². The van der Waals surface area contributed by atoms with Crippen molar-refractivity contribution in [3.8, 4) is 17.6 Å². The topological polar surface area (TPSA) is 184 Å². The van der Waals surface area contributed by atoms with Gasteiger partial charge in [-0.2, -0.15) is 14.6 Å². The Morgan fingerprint density at radius 3 is 2.08 bits per heavy atom. The van der Waals surface area contributed by atoms with Crippen LogP contribution < -0.4 is 20.5 Å². The summed E-state index contributed by atoms with van der Waals surface area (Å²) in [6.45, 7) is 12.3. The van der Waals surface area contributed by atoms with Crippen LogP contribution in [0.1, 0.15) is 76.4 Å². The molecule has 0 saturated carbocycles. The minimum Gasteiger partial charge on any atom is -0.497 e. The molecule has 2 fully saturated rings. The van der Waals surface area contributed by atoms with Gasteiger partial charge in [-0.05, 0) is 75.6 Å². The van der Waals surface area contributed by atoms with E-state index < -0.39 is 58.9 Å². The number of carbonyl (C=O) groups excluding carboxylic acids is 1. The van der Waals surface area contributed by atoms with Crippen molar-refractivity contribution in [3.63, 3.8) is 0 Å². The molecule has 0 aliphatic carbocycles. The Morgan fingerprint density at radius 1 is 1.00 bits per heavy atom. The molecule has 1 N–H and O–H groups in total. The molecule has 3 heterocycles. The van der Waals surface area contributed by atoms with Crippen LogP contribution in [0, 0.1) is 18.3 Å². The number of aromatic nitrogens is 2. The van der Waals surface area contributed by atoms with Gasteiger partial charge in [-0.1, -0.05) is 61.5 Å². The molecule has 4 aromatic rings. The molecule has 18 heteroatoms. The molecule has 1 aromatic heterocycles. The van der Waals surface area contributed by atoms with E-state index in [4.69, 9.17) is 28.0 Å². The molecule has 2 saturated heterocycles. The number of ether oxygens (including phenoxy) is 4. The van der Waals surface area contributed by atoms with Crippen LogP contribution in [0.25, 0.3) is 0 Å². The van der Waals surface area contributed by atoms with Gasteiger partial charge in [-0.25, -0.2) is 17.9 Å². The standard InChI is InChI=1S/C45H57N6O10PS/c1-10-49-28-44(29-58-45(34-15-12-11-13-16-34,35-17-21-37(56-8)22-18-35)36-19-23-38(57-9)24-20-36)40(61-62(59-26-14-25-46)51(30(2)3)31(4)5)39(63(49,54)55)42(60-44)50-27-32(6)41(47-33(7)52)48-43(50)53/h11-13,15-24,27,30-31,39-40,42H,10,14,26,28-29H2,1-9H3,(H,47,48,52,53)/t39-,40+,42-,44-,62?/m1/s1. The number of hydrogen-bond donors (Lipinski definition) is 1. The van der Waals surface area contributed by atoms with Gasteiger partial charge in [0.05, 0.1) is 39.9 Å². The lowest BCUT2D eigenvalue weighted by molar-refractivity contribution is -0.161. The number of amides is 1. The summed E-state index contributed by atoms with van der Waals surface area (Å²) in [5.74, 6) is 0.875.